The molecule has 6 aromatic carbocycles. The summed E-state index contributed by atoms with van der Waals surface area (Å²) < 4.78 is 0. The molecule has 0 heterocycles. The van der Waals surface area contributed by atoms with Gasteiger partial charge in [0.25, 0.3) is 0 Å². The van der Waals surface area contributed by atoms with E-state index in [0.717, 1.165) is 36.4 Å². The maximum Gasteiger partial charge on any atom is 0.123 e. The van der Waals surface area contributed by atoms with Gasteiger partial charge in [-0.1, -0.05) is 12.1 Å². The Labute approximate surface area is 307 Å². The summed E-state index contributed by atoms with van der Waals surface area (Å²) in [4.78, 5) is 0. The first-order valence-corrected chi connectivity index (χ1v) is 16.9. The summed E-state index contributed by atoms with van der Waals surface area (Å²) in [5.41, 5.74) is 2.32. The third kappa shape index (κ3) is 6.56. The molecule has 0 aromatic heterocycles. The maximum absolute atomic E-state index is 11.7. The van der Waals surface area contributed by atoms with Crippen molar-refractivity contribution in [2.24, 2.45) is 0 Å². The average Bonchev–Trinajstić information content (AvgIpc) is 3.06. The van der Waals surface area contributed by atoms with Crippen molar-refractivity contribution in [2.45, 2.75) is 36.5 Å². The lowest BCUT2D eigenvalue weighted by Gasteiger charge is -2.41. The van der Waals surface area contributed by atoms with E-state index in [1.165, 1.54) is 60.7 Å². The number of phenols is 12. The molecule has 0 bridgehead atoms. The van der Waals surface area contributed by atoms with E-state index in [0.29, 0.717) is 22.3 Å². The molecule has 0 radical (unpaired) electrons. The molecule has 0 aliphatic heterocycles. The zero-order valence-electron chi connectivity index (χ0n) is 28.3. The largest absolute Gasteiger partial charge is 0.508 e. The minimum atomic E-state index is -0.995. The molecule has 54 heavy (non-hydrogen) atoms. The summed E-state index contributed by atoms with van der Waals surface area (Å²) in [5.74, 6) is -7.23. The van der Waals surface area contributed by atoms with Gasteiger partial charge < -0.3 is 61.3 Å². The van der Waals surface area contributed by atoms with E-state index < -0.39 is 23.7 Å². The summed E-state index contributed by atoms with van der Waals surface area (Å²) in [6.07, 6.45) is 0.0161. The van der Waals surface area contributed by atoms with Crippen LogP contribution < -0.4 is 0 Å². The molecular weight excluding hydrogens is 696 g/mol. The molecule has 12 nitrogen and oxygen atoms in total. The normalized spacial score (nSPS) is 17.1. The van der Waals surface area contributed by atoms with Gasteiger partial charge in [-0.25, -0.2) is 0 Å². The van der Waals surface area contributed by atoms with E-state index in [2.05, 4.69) is 0 Å². The topological polar surface area (TPSA) is 243 Å². The third-order valence-corrected chi connectivity index (χ3v) is 10.2. The highest BCUT2D eigenvalue weighted by Gasteiger charge is 2.44. The van der Waals surface area contributed by atoms with Gasteiger partial charge in [0.15, 0.2) is 0 Å². The van der Waals surface area contributed by atoms with Crippen LogP contribution >= 0.6 is 0 Å². The highest BCUT2D eigenvalue weighted by atomic mass is 16.3. The fourth-order valence-electron chi connectivity index (χ4n) is 8.08. The van der Waals surface area contributed by atoms with Crippen LogP contribution in [0.3, 0.4) is 0 Å². The Morgan fingerprint density at radius 1 is 0.444 bits per heavy atom. The van der Waals surface area contributed by atoms with Crippen LogP contribution in [-0.4, -0.2) is 61.3 Å². The number of hydrogen-bond donors (Lipinski definition) is 12. The number of aromatic hydroxyl groups is 12. The van der Waals surface area contributed by atoms with Crippen molar-refractivity contribution >= 4 is 0 Å². The second kappa shape index (κ2) is 13.5. The Bertz CT molecular complexity index is 2380. The third-order valence-electron chi connectivity index (χ3n) is 10.2. The van der Waals surface area contributed by atoms with Crippen LogP contribution in [0.2, 0.25) is 0 Å². The highest BCUT2D eigenvalue weighted by molar-refractivity contribution is 5.62. The Hall–Kier alpha value is -7.08. The number of benzene rings is 6. The molecule has 1 aliphatic carbocycles. The van der Waals surface area contributed by atoms with Crippen molar-refractivity contribution in [2.75, 3.05) is 0 Å². The van der Waals surface area contributed by atoms with Crippen molar-refractivity contribution in [1.29, 1.82) is 0 Å². The van der Waals surface area contributed by atoms with Gasteiger partial charge in [0, 0.05) is 76.4 Å². The molecule has 0 fully saturated rings. The lowest BCUT2D eigenvalue weighted by molar-refractivity contribution is 0.383. The van der Waals surface area contributed by atoms with Gasteiger partial charge in [0.05, 0.1) is 0 Å². The molecule has 4 unspecified atom stereocenters. The zero-order chi connectivity index (χ0) is 38.6. The summed E-state index contributed by atoms with van der Waals surface area (Å²) in [7, 11) is 0. The fourth-order valence-corrected chi connectivity index (χ4v) is 8.08. The predicted octanol–water partition coefficient (Wildman–Crippen LogP) is 6.78. The van der Waals surface area contributed by atoms with Crippen LogP contribution in [0, 0.1) is 0 Å². The maximum atomic E-state index is 11.7. The van der Waals surface area contributed by atoms with Crippen LogP contribution in [0.4, 0.5) is 0 Å². The molecule has 0 spiro atoms. The Morgan fingerprint density at radius 2 is 0.981 bits per heavy atom. The lowest BCUT2D eigenvalue weighted by Crippen LogP contribution is -2.28. The number of hydrogen-bond acceptors (Lipinski definition) is 12. The molecule has 6 aromatic rings. The van der Waals surface area contributed by atoms with Crippen molar-refractivity contribution in [3.8, 4) is 69.0 Å². The van der Waals surface area contributed by atoms with E-state index in [1.54, 1.807) is 0 Å². The first kappa shape index (κ1) is 35.3. The van der Waals surface area contributed by atoms with Crippen molar-refractivity contribution in [3.05, 3.63) is 142 Å². The predicted molar refractivity (Wildman–Crippen MR) is 195 cm³/mol. The smallest absolute Gasteiger partial charge is 0.123 e. The van der Waals surface area contributed by atoms with E-state index in [1.807, 2.05) is 0 Å². The Kier molecular flexibility index (Phi) is 8.82. The zero-order valence-corrected chi connectivity index (χ0v) is 28.3. The van der Waals surface area contributed by atoms with Gasteiger partial charge in [-0.15, -0.1) is 0 Å². The molecule has 7 rings (SSSR count). The van der Waals surface area contributed by atoms with Gasteiger partial charge in [-0.3, -0.25) is 0 Å². The molecule has 12 N–H and O–H groups in total. The Morgan fingerprint density at radius 3 is 1.61 bits per heavy atom. The number of phenolic OH excluding ortho intramolecular Hbond substituents is 12. The molecule has 0 saturated heterocycles. The minimum Gasteiger partial charge on any atom is -0.508 e. The number of fused-ring (bicyclic) bond motifs is 1. The van der Waals surface area contributed by atoms with Crippen LogP contribution in [0.15, 0.2) is 97.1 Å². The lowest BCUT2D eigenvalue weighted by atomic mass is 9.61. The first-order valence-electron chi connectivity index (χ1n) is 16.9. The van der Waals surface area contributed by atoms with E-state index in [-0.39, 0.29) is 104 Å². The monoisotopic (exact) mass is 732 g/mol. The summed E-state index contributed by atoms with van der Waals surface area (Å²) in [5, 5.41) is 130. The van der Waals surface area contributed by atoms with Crippen LogP contribution in [-0.2, 0) is 12.8 Å². The quantitative estimate of drug-likeness (QED) is 0.0812. The van der Waals surface area contributed by atoms with E-state index >= 15 is 0 Å². The summed E-state index contributed by atoms with van der Waals surface area (Å²) >= 11 is 0. The molecule has 0 amide bonds. The van der Waals surface area contributed by atoms with Gasteiger partial charge in [-0.2, -0.15) is 0 Å². The van der Waals surface area contributed by atoms with Gasteiger partial charge in [-0.05, 0) is 89.5 Å². The summed E-state index contributed by atoms with van der Waals surface area (Å²) in [6, 6.07) is 20.9. The molecule has 12 heteroatoms. The van der Waals surface area contributed by atoms with Gasteiger partial charge in [0.2, 0.25) is 0 Å². The molecule has 1 aliphatic rings. The highest BCUT2D eigenvalue weighted by Crippen LogP contribution is 2.59. The second-order valence-electron chi connectivity index (χ2n) is 13.7. The van der Waals surface area contributed by atoms with Crippen LogP contribution in [0.1, 0.15) is 68.2 Å². The molecule has 0 saturated carbocycles. The van der Waals surface area contributed by atoms with Gasteiger partial charge in [0.1, 0.15) is 69.0 Å². The SMILES string of the molecule is Oc1cc(O)cc(CC(c2ccc(O)cc2O)c2cc(C3Cc4cc(O)cc(O)c4C(c4ccc(O)cc4O)C3c3cc(O)cc(O)c3)c(O)cc2O)c1. The first-order chi connectivity index (χ1) is 25.7. The second-order valence-corrected chi connectivity index (χ2v) is 13.7. The Balaban J connectivity index is 1.50. The standard InChI is InChI=1S/C42H36O12/c43-22-1-3-29(35(50)14-22)31(7-19-5-24(45)12-25(46)6-19)32-17-33(38(53)18-37(32)52)34-11-21-10-28(49)16-39(54)41(21)42(30-4-2-23(44)15-36(30)51)40(34)20-8-26(47)13-27(48)9-20/h1-6,8-10,12-18,31,34,40,42-54H,7,11H2. The van der Waals surface area contributed by atoms with Gasteiger partial charge >= 0.3 is 0 Å². The van der Waals surface area contributed by atoms with Crippen LogP contribution in [0.5, 0.6) is 69.0 Å². The number of rotatable bonds is 7. The van der Waals surface area contributed by atoms with Crippen molar-refractivity contribution in [1.82, 2.24) is 0 Å². The molecule has 276 valence electrons. The summed E-state index contributed by atoms with van der Waals surface area (Å²) in [6.45, 7) is 0. The molecule has 4 atom stereocenters. The van der Waals surface area contributed by atoms with E-state index in [4.69, 9.17) is 0 Å². The molecular formula is C42H36O12. The van der Waals surface area contributed by atoms with Crippen molar-refractivity contribution in [3.63, 3.8) is 0 Å². The average molecular weight is 733 g/mol. The fraction of sp³-hybridized carbons (Fsp3) is 0.143. The van der Waals surface area contributed by atoms with E-state index in [9.17, 15) is 61.3 Å². The van der Waals surface area contributed by atoms with Crippen molar-refractivity contribution < 1.29 is 61.3 Å². The minimum absolute atomic E-state index is 0.0127. The van der Waals surface area contributed by atoms with Crippen LogP contribution in [0.25, 0.3) is 0 Å².